The molecule has 2 nitrogen and oxygen atoms in total. The Bertz CT molecular complexity index is 633. The third-order valence-corrected chi connectivity index (χ3v) is 2.89. The van der Waals surface area contributed by atoms with Gasteiger partial charge in [-0.1, -0.05) is 12.1 Å². The van der Waals surface area contributed by atoms with E-state index in [-0.39, 0.29) is 17.7 Å². The highest BCUT2D eigenvalue weighted by Gasteiger charge is 2.11. The van der Waals surface area contributed by atoms with Crippen LogP contribution in [-0.2, 0) is 0 Å². The SMILES string of the molecule is Cc1cc(C(=O)c2cccc(OC(C)C)c2)ccc1F. The number of halogens is 1. The molecule has 0 unspecified atom stereocenters. The van der Waals surface area contributed by atoms with E-state index in [1.807, 2.05) is 19.9 Å². The molecule has 2 rings (SSSR count). The summed E-state index contributed by atoms with van der Waals surface area (Å²) < 4.78 is 18.8. The van der Waals surface area contributed by atoms with Gasteiger partial charge in [-0.15, -0.1) is 0 Å². The lowest BCUT2D eigenvalue weighted by Crippen LogP contribution is -2.07. The van der Waals surface area contributed by atoms with Gasteiger partial charge in [-0.2, -0.15) is 0 Å². The number of hydrogen-bond donors (Lipinski definition) is 0. The number of aryl methyl sites for hydroxylation is 1. The fraction of sp³-hybridized carbons (Fsp3) is 0.235. The molecule has 2 aromatic carbocycles. The molecule has 0 atom stereocenters. The summed E-state index contributed by atoms with van der Waals surface area (Å²) in [6.45, 7) is 5.50. The Morgan fingerprint density at radius 3 is 2.45 bits per heavy atom. The second kappa shape index (κ2) is 5.87. The van der Waals surface area contributed by atoms with Crippen molar-refractivity contribution in [1.29, 1.82) is 0 Å². The lowest BCUT2D eigenvalue weighted by Gasteiger charge is -2.10. The maximum atomic E-state index is 13.2. The smallest absolute Gasteiger partial charge is 0.193 e. The number of carbonyl (C=O) groups excluding carboxylic acids is 1. The molecule has 3 heteroatoms. The summed E-state index contributed by atoms with van der Waals surface area (Å²) in [7, 11) is 0. The normalized spacial score (nSPS) is 10.7. The van der Waals surface area contributed by atoms with Gasteiger partial charge in [0.25, 0.3) is 0 Å². The Morgan fingerprint density at radius 2 is 1.80 bits per heavy atom. The summed E-state index contributed by atoms with van der Waals surface area (Å²) in [5.41, 5.74) is 1.48. The molecule has 0 N–H and O–H groups in total. The van der Waals surface area contributed by atoms with Crippen molar-refractivity contribution in [2.75, 3.05) is 0 Å². The lowest BCUT2D eigenvalue weighted by molar-refractivity contribution is 0.103. The molecule has 0 bridgehead atoms. The summed E-state index contributed by atoms with van der Waals surface area (Å²) in [5, 5.41) is 0. The average Bonchev–Trinajstić information content (AvgIpc) is 2.40. The van der Waals surface area contributed by atoms with Crippen LogP contribution in [0.2, 0.25) is 0 Å². The Labute approximate surface area is 118 Å². The second-order valence-corrected chi connectivity index (χ2v) is 4.99. The van der Waals surface area contributed by atoms with E-state index in [0.717, 1.165) is 0 Å². The zero-order chi connectivity index (χ0) is 14.7. The van der Waals surface area contributed by atoms with Crippen molar-refractivity contribution in [3.8, 4) is 5.75 Å². The quantitative estimate of drug-likeness (QED) is 0.781. The largest absolute Gasteiger partial charge is 0.491 e. The molecule has 0 saturated heterocycles. The fourth-order valence-corrected chi connectivity index (χ4v) is 1.94. The molecular formula is C17H17FO2. The van der Waals surface area contributed by atoms with Crippen molar-refractivity contribution in [1.82, 2.24) is 0 Å². The molecule has 0 aliphatic carbocycles. The minimum absolute atomic E-state index is 0.0495. The van der Waals surface area contributed by atoms with E-state index >= 15 is 0 Å². The van der Waals surface area contributed by atoms with Gasteiger partial charge in [-0.3, -0.25) is 4.79 Å². The van der Waals surface area contributed by atoms with Crippen LogP contribution in [0, 0.1) is 12.7 Å². The number of rotatable bonds is 4. The van der Waals surface area contributed by atoms with E-state index in [4.69, 9.17) is 4.74 Å². The summed E-state index contributed by atoms with van der Waals surface area (Å²) in [4.78, 5) is 12.4. The molecule has 0 amide bonds. The summed E-state index contributed by atoms with van der Waals surface area (Å²) in [6, 6.07) is 11.4. The van der Waals surface area contributed by atoms with E-state index < -0.39 is 0 Å². The van der Waals surface area contributed by atoms with E-state index in [1.54, 1.807) is 31.2 Å². The molecule has 0 aromatic heterocycles. The van der Waals surface area contributed by atoms with Crippen LogP contribution < -0.4 is 4.74 Å². The molecule has 0 aliphatic rings. The highest BCUT2D eigenvalue weighted by molar-refractivity contribution is 6.09. The number of carbonyl (C=O) groups is 1. The molecule has 0 heterocycles. The first-order valence-corrected chi connectivity index (χ1v) is 6.55. The average molecular weight is 272 g/mol. The fourth-order valence-electron chi connectivity index (χ4n) is 1.94. The van der Waals surface area contributed by atoms with Gasteiger partial charge in [0, 0.05) is 11.1 Å². The minimum Gasteiger partial charge on any atom is -0.491 e. The van der Waals surface area contributed by atoms with Crippen molar-refractivity contribution in [2.24, 2.45) is 0 Å². The first-order chi connectivity index (χ1) is 9.47. The standard InChI is InChI=1S/C17H17FO2/c1-11(2)20-15-6-4-5-13(10-15)17(19)14-7-8-16(18)12(3)9-14/h4-11H,1-3H3. The van der Waals surface area contributed by atoms with Crippen LogP contribution in [-0.4, -0.2) is 11.9 Å². The second-order valence-electron chi connectivity index (χ2n) is 4.99. The van der Waals surface area contributed by atoms with Gasteiger partial charge in [0.1, 0.15) is 11.6 Å². The van der Waals surface area contributed by atoms with E-state index in [2.05, 4.69) is 0 Å². The Morgan fingerprint density at radius 1 is 1.10 bits per heavy atom. The molecule has 104 valence electrons. The monoisotopic (exact) mass is 272 g/mol. The third kappa shape index (κ3) is 3.23. The van der Waals surface area contributed by atoms with Crippen molar-refractivity contribution in [3.63, 3.8) is 0 Å². The van der Waals surface area contributed by atoms with Crippen LogP contribution in [0.5, 0.6) is 5.75 Å². The van der Waals surface area contributed by atoms with Gasteiger partial charge in [0.2, 0.25) is 0 Å². The van der Waals surface area contributed by atoms with Crippen LogP contribution in [0.15, 0.2) is 42.5 Å². The maximum absolute atomic E-state index is 13.2. The first kappa shape index (κ1) is 14.3. The van der Waals surface area contributed by atoms with Crippen LogP contribution in [0.4, 0.5) is 4.39 Å². The van der Waals surface area contributed by atoms with Crippen molar-refractivity contribution >= 4 is 5.78 Å². The Kier molecular flexibility index (Phi) is 4.18. The number of hydrogen-bond acceptors (Lipinski definition) is 2. The summed E-state index contributed by atoms with van der Waals surface area (Å²) in [5.74, 6) is 0.213. The predicted molar refractivity (Wildman–Crippen MR) is 76.8 cm³/mol. The van der Waals surface area contributed by atoms with Gasteiger partial charge in [-0.25, -0.2) is 4.39 Å². The molecule has 0 spiro atoms. The van der Waals surface area contributed by atoms with Crippen molar-refractivity contribution in [3.05, 3.63) is 65.0 Å². The first-order valence-electron chi connectivity index (χ1n) is 6.55. The van der Waals surface area contributed by atoms with Gasteiger partial charge >= 0.3 is 0 Å². The zero-order valence-corrected chi connectivity index (χ0v) is 11.8. The number of ether oxygens (including phenoxy) is 1. The number of benzene rings is 2. The van der Waals surface area contributed by atoms with Gasteiger partial charge in [0.15, 0.2) is 5.78 Å². The van der Waals surface area contributed by atoms with Gasteiger partial charge < -0.3 is 4.74 Å². The van der Waals surface area contributed by atoms with Crippen LogP contribution in [0.3, 0.4) is 0 Å². The molecule has 0 fully saturated rings. The van der Waals surface area contributed by atoms with Crippen molar-refractivity contribution < 1.29 is 13.9 Å². The van der Waals surface area contributed by atoms with Crippen LogP contribution in [0.25, 0.3) is 0 Å². The van der Waals surface area contributed by atoms with Crippen LogP contribution in [0.1, 0.15) is 35.3 Å². The van der Waals surface area contributed by atoms with E-state index in [1.165, 1.54) is 12.1 Å². The van der Waals surface area contributed by atoms with Gasteiger partial charge in [-0.05, 0) is 56.7 Å². The lowest BCUT2D eigenvalue weighted by atomic mass is 10.0. The Balaban J connectivity index is 2.30. The van der Waals surface area contributed by atoms with E-state index in [0.29, 0.717) is 22.4 Å². The molecule has 0 saturated carbocycles. The number of ketones is 1. The Hall–Kier alpha value is -2.16. The molecule has 0 radical (unpaired) electrons. The highest BCUT2D eigenvalue weighted by atomic mass is 19.1. The summed E-state index contributed by atoms with van der Waals surface area (Å²) >= 11 is 0. The van der Waals surface area contributed by atoms with E-state index in [9.17, 15) is 9.18 Å². The zero-order valence-electron chi connectivity index (χ0n) is 11.8. The highest BCUT2D eigenvalue weighted by Crippen LogP contribution is 2.19. The van der Waals surface area contributed by atoms with Gasteiger partial charge in [0.05, 0.1) is 6.10 Å². The third-order valence-electron chi connectivity index (χ3n) is 2.89. The summed E-state index contributed by atoms with van der Waals surface area (Å²) in [6.07, 6.45) is 0.0495. The molecule has 2 aromatic rings. The molecular weight excluding hydrogens is 255 g/mol. The minimum atomic E-state index is -0.307. The molecule has 20 heavy (non-hydrogen) atoms. The maximum Gasteiger partial charge on any atom is 0.193 e. The van der Waals surface area contributed by atoms with Crippen molar-refractivity contribution in [2.45, 2.75) is 26.9 Å². The van der Waals surface area contributed by atoms with Crippen LogP contribution >= 0.6 is 0 Å². The predicted octanol–water partition coefficient (Wildman–Crippen LogP) is 4.15. The topological polar surface area (TPSA) is 26.3 Å². The molecule has 0 aliphatic heterocycles.